The van der Waals surface area contributed by atoms with E-state index >= 15 is 0 Å². The molecule has 1 amide bonds. The molecule has 0 aliphatic heterocycles. The molecule has 0 aliphatic carbocycles. The van der Waals surface area contributed by atoms with Gasteiger partial charge >= 0.3 is 11.9 Å². The largest absolute Gasteiger partial charge is 0.478 e. The first-order valence-corrected chi connectivity index (χ1v) is 6.69. The molecule has 1 aromatic carbocycles. The predicted octanol–water partition coefficient (Wildman–Crippen LogP) is 1.66. The molecule has 0 unspecified atom stereocenters. The van der Waals surface area contributed by atoms with Crippen LogP contribution in [-0.2, 0) is 19.1 Å². The smallest absolute Gasteiger partial charge is 0.328 e. The summed E-state index contributed by atoms with van der Waals surface area (Å²) >= 11 is 0. The first kappa shape index (κ1) is 17.4. The zero-order valence-electron chi connectivity index (χ0n) is 12.8. The maximum absolute atomic E-state index is 11.8. The molecular formula is C16H19NO5. The second kappa shape index (κ2) is 7.97. The number of hydrogen-bond donors (Lipinski definition) is 2. The van der Waals surface area contributed by atoms with Crippen LogP contribution in [0, 0.1) is 13.8 Å². The van der Waals surface area contributed by atoms with Crippen molar-refractivity contribution in [2.24, 2.45) is 0 Å². The third-order valence-corrected chi connectivity index (χ3v) is 3.31. The molecule has 0 heterocycles. The van der Waals surface area contributed by atoms with E-state index in [0.717, 1.165) is 28.8 Å². The lowest BCUT2D eigenvalue weighted by Crippen LogP contribution is -2.30. The molecule has 0 aliphatic rings. The van der Waals surface area contributed by atoms with Crippen LogP contribution in [0.5, 0.6) is 0 Å². The van der Waals surface area contributed by atoms with Gasteiger partial charge in [-0.25, -0.2) is 4.79 Å². The van der Waals surface area contributed by atoms with Crippen molar-refractivity contribution in [3.8, 4) is 0 Å². The number of hydrogen-bond acceptors (Lipinski definition) is 4. The summed E-state index contributed by atoms with van der Waals surface area (Å²) in [5.74, 6) is -2.27. The molecule has 2 N–H and O–H groups in total. The van der Waals surface area contributed by atoms with Crippen molar-refractivity contribution in [2.75, 3.05) is 7.11 Å². The minimum atomic E-state index is -1.22. The fourth-order valence-corrected chi connectivity index (χ4v) is 2.01. The molecule has 6 nitrogen and oxygen atoms in total. The SMILES string of the molecule is COC(=O)C[C@H](NC(=O)/C=C\C(=O)O)c1cccc(C)c1C. The number of rotatable bonds is 6. The fraction of sp³-hybridized carbons (Fsp3) is 0.312. The van der Waals surface area contributed by atoms with E-state index < -0.39 is 23.9 Å². The Kier molecular flexibility index (Phi) is 6.31. The van der Waals surface area contributed by atoms with Crippen LogP contribution in [0.1, 0.15) is 29.2 Å². The Labute approximate surface area is 128 Å². The molecule has 1 atom stereocenters. The van der Waals surface area contributed by atoms with Crippen LogP contribution in [0.3, 0.4) is 0 Å². The molecule has 0 fully saturated rings. The number of ether oxygens (including phenoxy) is 1. The molecule has 0 saturated carbocycles. The molecule has 1 rings (SSSR count). The van der Waals surface area contributed by atoms with Crippen molar-refractivity contribution < 1.29 is 24.2 Å². The van der Waals surface area contributed by atoms with Gasteiger partial charge in [-0.3, -0.25) is 9.59 Å². The molecule has 6 heteroatoms. The van der Waals surface area contributed by atoms with E-state index in [9.17, 15) is 14.4 Å². The van der Waals surface area contributed by atoms with Crippen LogP contribution in [0.4, 0.5) is 0 Å². The van der Waals surface area contributed by atoms with E-state index in [1.165, 1.54) is 7.11 Å². The summed E-state index contributed by atoms with van der Waals surface area (Å²) in [5.41, 5.74) is 2.78. The highest BCUT2D eigenvalue weighted by Crippen LogP contribution is 2.23. The number of esters is 1. The Morgan fingerprint density at radius 3 is 2.55 bits per heavy atom. The van der Waals surface area contributed by atoms with Gasteiger partial charge in [0.25, 0.3) is 0 Å². The van der Waals surface area contributed by atoms with E-state index in [0.29, 0.717) is 0 Å². The van der Waals surface area contributed by atoms with Crippen molar-refractivity contribution in [3.05, 3.63) is 47.0 Å². The van der Waals surface area contributed by atoms with Crippen molar-refractivity contribution in [2.45, 2.75) is 26.3 Å². The Morgan fingerprint density at radius 1 is 1.27 bits per heavy atom. The van der Waals surface area contributed by atoms with Gasteiger partial charge in [-0.15, -0.1) is 0 Å². The van der Waals surface area contributed by atoms with Crippen molar-refractivity contribution in [1.29, 1.82) is 0 Å². The first-order chi connectivity index (χ1) is 10.3. The molecule has 0 bridgehead atoms. The standard InChI is InChI=1S/C16H19NO5/c1-10-5-4-6-12(11(10)2)13(9-16(21)22-3)17-14(18)7-8-15(19)20/h4-8,13H,9H2,1-3H3,(H,17,18)(H,19,20)/b8-7-/t13-/m0/s1. The third-order valence-electron chi connectivity index (χ3n) is 3.31. The monoisotopic (exact) mass is 305 g/mol. The molecular weight excluding hydrogens is 286 g/mol. The Bertz CT molecular complexity index is 607. The average Bonchev–Trinajstić information content (AvgIpc) is 2.47. The number of carbonyl (C=O) groups excluding carboxylic acids is 2. The number of carbonyl (C=O) groups is 3. The summed E-state index contributed by atoms with van der Waals surface area (Å²) in [6.07, 6.45) is 1.62. The van der Waals surface area contributed by atoms with Gasteiger partial charge in [0, 0.05) is 12.2 Å². The van der Waals surface area contributed by atoms with Crippen LogP contribution >= 0.6 is 0 Å². The van der Waals surface area contributed by atoms with Gasteiger partial charge in [-0.05, 0) is 30.5 Å². The molecule has 118 valence electrons. The highest BCUT2D eigenvalue weighted by Gasteiger charge is 2.20. The number of nitrogens with one attached hydrogen (secondary N) is 1. The van der Waals surface area contributed by atoms with E-state index in [-0.39, 0.29) is 6.42 Å². The number of carboxylic acids is 1. The lowest BCUT2D eigenvalue weighted by atomic mass is 9.95. The van der Waals surface area contributed by atoms with Gasteiger partial charge in [-0.1, -0.05) is 18.2 Å². The lowest BCUT2D eigenvalue weighted by Gasteiger charge is -2.20. The molecule has 0 radical (unpaired) electrons. The third kappa shape index (κ3) is 5.05. The minimum absolute atomic E-state index is 0.0343. The average molecular weight is 305 g/mol. The summed E-state index contributed by atoms with van der Waals surface area (Å²) in [5, 5.41) is 11.2. The number of aliphatic carboxylic acids is 1. The zero-order chi connectivity index (χ0) is 16.7. The van der Waals surface area contributed by atoms with Crippen molar-refractivity contribution >= 4 is 17.8 Å². The lowest BCUT2D eigenvalue weighted by molar-refractivity contribution is -0.141. The van der Waals surface area contributed by atoms with Crippen molar-refractivity contribution in [3.63, 3.8) is 0 Å². The normalized spacial score (nSPS) is 12.0. The Balaban J connectivity index is 3.03. The first-order valence-electron chi connectivity index (χ1n) is 6.69. The highest BCUT2D eigenvalue weighted by atomic mass is 16.5. The highest BCUT2D eigenvalue weighted by molar-refractivity contribution is 5.94. The van der Waals surface area contributed by atoms with Gasteiger partial charge in [0.2, 0.25) is 5.91 Å². The minimum Gasteiger partial charge on any atom is -0.478 e. The van der Waals surface area contributed by atoms with Crippen LogP contribution in [0.15, 0.2) is 30.4 Å². The van der Waals surface area contributed by atoms with E-state index in [1.54, 1.807) is 0 Å². The molecule has 0 saturated heterocycles. The van der Waals surface area contributed by atoms with Crippen molar-refractivity contribution in [1.82, 2.24) is 5.32 Å². The van der Waals surface area contributed by atoms with Gasteiger partial charge in [-0.2, -0.15) is 0 Å². The van der Waals surface area contributed by atoms with Crippen LogP contribution < -0.4 is 5.32 Å². The molecule has 1 aromatic rings. The maximum atomic E-state index is 11.8. The summed E-state index contributed by atoms with van der Waals surface area (Å²) in [4.78, 5) is 33.8. The van der Waals surface area contributed by atoms with E-state index in [1.807, 2.05) is 32.0 Å². The Morgan fingerprint density at radius 2 is 1.95 bits per heavy atom. The van der Waals surface area contributed by atoms with E-state index in [2.05, 4.69) is 10.1 Å². The second-order valence-electron chi connectivity index (χ2n) is 4.80. The van der Waals surface area contributed by atoms with Crippen LogP contribution in [-0.4, -0.2) is 30.1 Å². The van der Waals surface area contributed by atoms with Gasteiger partial charge in [0.05, 0.1) is 19.6 Å². The molecule has 22 heavy (non-hydrogen) atoms. The summed E-state index contributed by atoms with van der Waals surface area (Å²) in [7, 11) is 1.27. The number of amides is 1. The molecule has 0 aromatic heterocycles. The predicted molar refractivity (Wildman–Crippen MR) is 80.2 cm³/mol. The molecule has 0 spiro atoms. The maximum Gasteiger partial charge on any atom is 0.328 e. The topological polar surface area (TPSA) is 92.7 Å². The summed E-state index contributed by atoms with van der Waals surface area (Å²) in [6, 6.07) is 5.00. The van der Waals surface area contributed by atoms with Crippen LogP contribution in [0.25, 0.3) is 0 Å². The fourth-order valence-electron chi connectivity index (χ4n) is 2.01. The second-order valence-corrected chi connectivity index (χ2v) is 4.80. The van der Waals surface area contributed by atoms with Crippen LogP contribution in [0.2, 0.25) is 0 Å². The summed E-state index contributed by atoms with van der Waals surface area (Å²) in [6.45, 7) is 3.83. The van der Waals surface area contributed by atoms with E-state index in [4.69, 9.17) is 5.11 Å². The zero-order valence-corrected chi connectivity index (χ0v) is 12.8. The number of aryl methyl sites for hydroxylation is 1. The number of carboxylic acid groups (broad SMARTS) is 1. The quantitative estimate of drug-likeness (QED) is 0.616. The number of methoxy groups -OCH3 is 1. The summed E-state index contributed by atoms with van der Waals surface area (Å²) < 4.78 is 4.65. The van der Waals surface area contributed by atoms with Gasteiger partial charge < -0.3 is 15.2 Å². The Hall–Kier alpha value is -2.63. The number of benzene rings is 1. The van der Waals surface area contributed by atoms with Gasteiger partial charge in [0.15, 0.2) is 0 Å². The van der Waals surface area contributed by atoms with Gasteiger partial charge in [0.1, 0.15) is 0 Å².